The number of esters is 1. The minimum absolute atomic E-state index is 0.142. The van der Waals surface area contributed by atoms with Crippen molar-refractivity contribution in [2.75, 3.05) is 99.1 Å². The highest BCUT2D eigenvalue weighted by Crippen LogP contribution is 2.13. The first-order valence-electron chi connectivity index (χ1n) is 20.0. The average Bonchev–Trinajstić information content (AvgIpc) is 3.09. The fraction of sp³-hybridized carbons (Fsp3) is 0.974. The average molecular weight is 691 g/mol. The summed E-state index contributed by atoms with van der Waals surface area (Å²) in [6.07, 6.45) is 27.0. The van der Waals surface area contributed by atoms with E-state index in [0.29, 0.717) is 98.9 Å². The van der Waals surface area contributed by atoms with E-state index in [-0.39, 0.29) is 5.97 Å². The van der Waals surface area contributed by atoms with Gasteiger partial charge in [0.2, 0.25) is 0 Å². The number of carbonyl (C=O) groups is 1. The second-order valence-corrected chi connectivity index (χ2v) is 12.6. The SMILES string of the molecule is CCCCCCCCCCCCCCCCCCOCCOCCOCCOCCOCCOCCOCCOC(=O)CCCCCC. The number of carbonyl (C=O) groups excluding carboxylic acids is 1. The maximum absolute atomic E-state index is 11.6. The second-order valence-electron chi connectivity index (χ2n) is 12.6. The fourth-order valence-electron chi connectivity index (χ4n) is 5.16. The van der Waals surface area contributed by atoms with Crippen LogP contribution in [0.3, 0.4) is 0 Å². The van der Waals surface area contributed by atoms with Gasteiger partial charge in [-0.05, 0) is 12.8 Å². The molecule has 0 spiro atoms. The monoisotopic (exact) mass is 691 g/mol. The van der Waals surface area contributed by atoms with Crippen molar-refractivity contribution >= 4 is 5.97 Å². The van der Waals surface area contributed by atoms with Gasteiger partial charge in [-0.15, -0.1) is 0 Å². The predicted octanol–water partition coefficient (Wildman–Crippen LogP) is 8.88. The number of unbranched alkanes of at least 4 members (excludes halogenated alkanes) is 18. The Morgan fingerprint density at radius 1 is 0.292 bits per heavy atom. The summed E-state index contributed by atoms with van der Waals surface area (Å²) < 4.78 is 43.8. The summed E-state index contributed by atoms with van der Waals surface area (Å²) in [5.41, 5.74) is 0. The first kappa shape index (κ1) is 47.2. The summed E-state index contributed by atoms with van der Waals surface area (Å²) in [6, 6.07) is 0. The van der Waals surface area contributed by atoms with Crippen molar-refractivity contribution < 1.29 is 42.7 Å². The van der Waals surface area contributed by atoms with Crippen molar-refractivity contribution in [2.45, 2.75) is 149 Å². The van der Waals surface area contributed by atoms with Crippen molar-refractivity contribution in [2.24, 2.45) is 0 Å². The van der Waals surface area contributed by atoms with E-state index in [1.54, 1.807) is 0 Å². The number of rotatable bonds is 43. The molecule has 0 bridgehead atoms. The van der Waals surface area contributed by atoms with E-state index < -0.39 is 0 Å². The number of hydrogen-bond acceptors (Lipinski definition) is 9. The molecule has 0 aliphatic heterocycles. The molecular weight excluding hydrogens is 612 g/mol. The summed E-state index contributed by atoms with van der Waals surface area (Å²) in [6.45, 7) is 12.4. The molecule has 0 unspecified atom stereocenters. The molecule has 0 N–H and O–H groups in total. The Hall–Kier alpha value is -0.810. The van der Waals surface area contributed by atoms with Gasteiger partial charge in [-0.1, -0.05) is 129 Å². The van der Waals surface area contributed by atoms with Gasteiger partial charge in [0.15, 0.2) is 0 Å². The number of hydrogen-bond donors (Lipinski definition) is 0. The van der Waals surface area contributed by atoms with E-state index >= 15 is 0 Å². The van der Waals surface area contributed by atoms with Gasteiger partial charge in [-0.2, -0.15) is 0 Å². The van der Waals surface area contributed by atoms with Crippen molar-refractivity contribution in [3.63, 3.8) is 0 Å². The zero-order chi connectivity index (χ0) is 34.7. The number of ether oxygens (including phenoxy) is 8. The lowest BCUT2D eigenvalue weighted by atomic mass is 10.0. The summed E-state index contributed by atoms with van der Waals surface area (Å²) in [5, 5.41) is 0. The van der Waals surface area contributed by atoms with E-state index in [9.17, 15) is 4.79 Å². The smallest absolute Gasteiger partial charge is 0.305 e. The van der Waals surface area contributed by atoms with Crippen LogP contribution in [0.25, 0.3) is 0 Å². The van der Waals surface area contributed by atoms with Crippen molar-refractivity contribution in [3.8, 4) is 0 Å². The predicted molar refractivity (Wildman–Crippen MR) is 195 cm³/mol. The maximum atomic E-state index is 11.6. The Balaban J connectivity index is 3.07. The van der Waals surface area contributed by atoms with Gasteiger partial charge in [-0.25, -0.2) is 0 Å². The van der Waals surface area contributed by atoms with Gasteiger partial charge in [-0.3, -0.25) is 4.79 Å². The third-order valence-corrected chi connectivity index (χ3v) is 8.10. The van der Waals surface area contributed by atoms with Crippen LogP contribution in [0.2, 0.25) is 0 Å². The van der Waals surface area contributed by atoms with Crippen LogP contribution in [0.1, 0.15) is 149 Å². The van der Waals surface area contributed by atoms with Crippen LogP contribution in [0, 0.1) is 0 Å². The molecular formula is C39H78O9. The van der Waals surface area contributed by atoms with Gasteiger partial charge >= 0.3 is 5.97 Å². The van der Waals surface area contributed by atoms with E-state index in [0.717, 1.165) is 38.7 Å². The first-order valence-corrected chi connectivity index (χ1v) is 20.0. The minimum Gasteiger partial charge on any atom is -0.463 e. The van der Waals surface area contributed by atoms with Crippen LogP contribution in [0.15, 0.2) is 0 Å². The first-order chi connectivity index (χ1) is 23.8. The lowest BCUT2D eigenvalue weighted by Crippen LogP contribution is -2.15. The van der Waals surface area contributed by atoms with Crippen molar-refractivity contribution in [3.05, 3.63) is 0 Å². The Bertz CT molecular complexity index is 594. The standard InChI is InChI=1S/C39H78O9/c1-3-5-7-9-10-11-12-13-14-15-16-17-18-19-20-22-24-41-25-26-42-27-28-43-29-30-44-31-32-45-33-34-46-35-36-47-37-38-48-39(40)23-21-8-6-4-2/h3-38H2,1-2H3. The molecule has 0 aromatic carbocycles. The van der Waals surface area contributed by atoms with Crippen LogP contribution < -0.4 is 0 Å². The molecule has 0 aliphatic carbocycles. The van der Waals surface area contributed by atoms with Gasteiger partial charge in [0.1, 0.15) is 6.61 Å². The highest BCUT2D eigenvalue weighted by molar-refractivity contribution is 5.69. The molecule has 9 heteroatoms. The summed E-state index contributed by atoms with van der Waals surface area (Å²) in [5.74, 6) is -0.142. The largest absolute Gasteiger partial charge is 0.463 e. The highest BCUT2D eigenvalue weighted by atomic mass is 16.6. The summed E-state index contributed by atoms with van der Waals surface area (Å²) in [7, 11) is 0. The molecule has 0 aromatic heterocycles. The van der Waals surface area contributed by atoms with Crippen molar-refractivity contribution in [1.82, 2.24) is 0 Å². The molecule has 0 saturated carbocycles. The molecule has 0 radical (unpaired) electrons. The summed E-state index contributed by atoms with van der Waals surface area (Å²) >= 11 is 0. The Kier molecular flexibility index (Phi) is 43.5. The van der Waals surface area contributed by atoms with Gasteiger partial charge in [0.25, 0.3) is 0 Å². The molecule has 288 valence electrons. The zero-order valence-corrected chi connectivity index (χ0v) is 31.6. The van der Waals surface area contributed by atoms with Gasteiger partial charge < -0.3 is 37.9 Å². The second kappa shape index (κ2) is 44.2. The maximum Gasteiger partial charge on any atom is 0.305 e. The van der Waals surface area contributed by atoms with E-state index in [2.05, 4.69) is 13.8 Å². The third-order valence-electron chi connectivity index (χ3n) is 8.10. The van der Waals surface area contributed by atoms with E-state index in [1.807, 2.05) is 0 Å². The van der Waals surface area contributed by atoms with E-state index in [1.165, 1.54) is 96.3 Å². The molecule has 0 aromatic rings. The molecule has 0 saturated heterocycles. The topological polar surface area (TPSA) is 90.9 Å². The molecule has 48 heavy (non-hydrogen) atoms. The van der Waals surface area contributed by atoms with Crippen LogP contribution in [0.4, 0.5) is 0 Å². The van der Waals surface area contributed by atoms with Crippen LogP contribution >= 0.6 is 0 Å². The molecule has 0 atom stereocenters. The normalized spacial score (nSPS) is 11.5. The summed E-state index contributed by atoms with van der Waals surface area (Å²) in [4.78, 5) is 11.6. The molecule has 0 amide bonds. The zero-order valence-electron chi connectivity index (χ0n) is 31.6. The molecule has 0 rings (SSSR count). The van der Waals surface area contributed by atoms with Gasteiger partial charge in [0.05, 0.1) is 85.9 Å². The molecule has 0 heterocycles. The Labute approximate surface area is 296 Å². The lowest BCUT2D eigenvalue weighted by molar-refractivity contribution is -0.145. The highest BCUT2D eigenvalue weighted by Gasteiger charge is 2.02. The quantitative estimate of drug-likeness (QED) is 0.0460. The molecule has 0 fully saturated rings. The fourth-order valence-corrected chi connectivity index (χ4v) is 5.16. The van der Waals surface area contributed by atoms with Crippen LogP contribution in [-0.2, 0) is 42.7 Å². The van der Waals surface area contributed by atoms with Gasteiger partial charge in [0, 0.05) is 13.0 Å². The van der Waals surface area contributed by atoms with Crippen molar-refractivity contribution in [1.29, 1.82) is 0 Å². The van der Waals surface area contributed by atoms with E-state index in [4.69, 9.17) is 37.9 Å². The lowest BCUT2D eigenvalue weighted by Gasteiger charge is -2.09. The van der Waals surface area contributed by atoms with Crippen LogP contribution in [0.5, 0.6) is 0 Å². The Morgan fingerprint density at radius 2 is 0.542 bits per heavy atom. The molecule has 9 nitrogen and oxygen atoms in total. The Morgan fingerprint density at radius 3 is 0.875 bits per heavy atom. The van der Waals surface area contributed by atoms with Crippen LogP contribution in [-0.4, -0.2) is 105 Å². The molecule has 0 aliphatic rings. The minimum atomic E-state index is -0.142. The third kappa shape index (κ3) is 43.2.